The molecule has 3 heterocycles. The van der Waals surface area contributed by atoms with Gasteiger partial charge in [-0.1, -0.05) is 18.2 Å². The summed E-state index contributed by atoms with van der Waals surface area (Å²) in [6.07, 6.45) is 1.75. The molecule has 6 nitrogen and oxygen atoms in total. The molecular formula is C24H18F3N5OS. The van der Waals surface area contributed by atoms with Gasteiger partial charge in [0.2, 0.25) is 0 Å². The molecule has 34 heavy (non-hydrogen) atoms. The molecule has 2 aliphatic rings. The van der Waals surface area contributed by atoms with E-state index < -0.39 is 28.5 Å². The van der Waals surface area contributed by atoms with Crippen LogP contribution in [0.15, 0.2) is 61.1 Å². The number of anilines is 2. The molecule has 10 heteroatoms. The molecule has 1 aliphatic carbocycles. The Morgan fingerprint density at radius 2 is 1.82 bits per heavy atom. The monoisotopic (exact) mass is 481 g/mol. The van der Waals surface area contributed by atoms with Crippen molar-refractivity contribution in [2.24, 2.45) is 0 Å². The van der Waals surface area contributed by atoms with Crippen LogP contribution < -0.4 is 9.80 Å². The molecule has 1 saturated carbocycles. The van der Waals surface area contributed by atoms with Gasteiger partial charge in [0.05, 0.1) is 17.4 Å². The third kappa shape index (κ3) is 3.39. The second-order valence-corrected chi connectivity index (χ2v) is 8.73. The molecule has 1 saturated heterocycles. The van der Waals surface area contributed by atoms with E-state index in [4.69, 9.17) is 5.26 Å². The number of hydrogen-bond donors (Lipinski definition) is 1. The minimum Gasteiger partial charge on any atom is -0.328 e. The van der Waals surface area contributed by atoms with Crippen molar-refractivity contribution in [3.63, 3.8) is 0 Å². The number of nitriles is 1. The first-order valence-electron chi connectivity index (χ1n) is 10.6. The van der Waals surface area contributed by atoms with E-state index in [1.54, 1.807) is 12.4 Å². The molecule has 1 atom stereocenters. The molecule has 1 unspecified atom stereocenters. The summed E-state index contributed by atoms with van der Waals surface area (Å²) >= 11 is 4.66. The highest BCUT2D eigenvalue weighted by molar-refractivity contribution is 7.81. The molecule has 1 spiro atoms. The van der Waals surface area contributed by atoms with E-state index >= 15 is 0 Å². The number of aromatic nitrogens is 2. The lowest BCUT2D eigenvalue weighted by molar-refractivity contribution is -0.138. The summed E-state index contributed by atoms with van der Waals surface area (Å²) in [4.78, 5) is 24.5. The summed E-state index contributed by atoms with van der Waals surface area (Å²) in [5.74, 6) is -0.324. The van der Waals surface area contributed by atoms with Gasteiger partial charge in [-0.15, -0.1) is 12.6 Å². The van der Waals surface area contributed by atoms with Crippen molar-refractivity contribution >= 4 is 29.9 Å². The van der Waals surface area contributed by atoms with Crippen LogP contribution in [0.1, 0.15) is 30.5 Å². The van der Waals surface area contributed by atoms with Gasteiger partial charge in [-0.3, -0.25) is 14.7 Å². The van der Waals surface area contributed by atoms with Crippen LogP contribution in [0.5, 0.6) is 0 Å². The highest BCUT2D eigenvalue weighted by Gasteiger charge is 2.60. The number of pyridine rings is 2. The summed E-state index contributed by atoms with van der Waals surface area (Å²) in [6, 6.07) is 13.6. The fourth-order valence-electron chi connectivity index (χ4n) is 4.60. The minimum atomic E-state index is -4.78. The van der Waals surface area contributed by atoms with Gasteiger partial charge in [0.15, 0.2) is 11.2 Å². The van der Waals surface area contributed by atoms with Crippen molar-refractivity contribution in [2.75, 3.05) is 9.80 Å². The maximum Gasteiger partial charge on any atom is 0.419 e. The molecule has 2 fully saturated rings. The molecule has 0 bridgehead atoms. The number of thiol groups is 1. The first kappa shape index (κ1) is 22.2. The Labute approximate surface area is 199 Å². The number of carbonyl (C=O) groups excluding carboxylic acids is 1. The standard InChI is InChI=1S/C24H18F3N5OS/c25-24(26,27)19-11-18(14-30-20(19)12-28)31-21(33)23(8-2-9-23)32(22(31)34)17-6-4-15(5-7-17)16-3-1-10-29-13-16/h1,3-7,10-11,13-14,22,34H,2,8-9H2. The van der Waals surface area contributed by atoms with Crippen molar-refractivity contribution in [1.29, 1.82) is 5.26 Å². The summed E-state index contributed by atoms with van der Waals surface area (Å²) in [5, 5.41) is 9.05. The fourth-order valence-corrected chi connectivity index (χ4v) is 5.20. The normalized spacial score (nSPS) is 19.3. The van der Waals surface area contributed by atoms with E-state index in [1.165, 1.54) is 11.0 Å². The second-order valence-electron chi connectivity index (χ2n) is 8.26. The minimum absolute atomic E-state index is 0.0444. The molecule has 1 amide bonds. The largest absolute Gasteiger partial charge is 0.419 e. The van der Waals surface area contributed by atoms with Gasteiger partial charge < -0.3 is 4.90 Å². The van der Waals surface area contributed by atoms with E-state index in [-0.39, 0.29) is 11.6 Å². The number of halogens is 3. The highest BCUT2D eigenvalue weighted by atomic mass is 32.1. The highest BCUT2D eigenvalue weighted by Crippen LogP contribution is 2.50. The van der Waals surface area contributed by atoms with Gasteiger partial charge in [0.1, 0.15) is 11.6 Å². The lowest BCUT2D eigenvalue weighted by atomic mass is 9.75. The summed E-state index contributed by atoms with van der Waals surface area (Å²) < 4.78 is 40.6. The van der Waals surface area contributed by atoms with Gasteiger partial charge in [-0.05, 0) is 54.7 Å². The predicted octanol–water partition coefficient (Wildman–Crippen LogP) is 5.02. The van der Waals surface area contributed by atoms with Crippen LogP contribution in [0.3, 0.4) is 0 Å². The van der Waals surface area contributed by atoms with E-state index in [1.807, 2.05) is 41.3 Å². The zero-order chi connectivity index (χ0) is 24.1. The van der Waals surface area contributed by atoms with Crippen molar-refractivity contribution in [2.45, 2.75) is 36.5 Å². The average Bonchev–Trinajstić information content (AvgIpc) is 3.05. The molecular weight excluding hydrogens is 463 g/mol. The SMILES string of the molecule is N#Cc1ncc(N2C(=O)C3(CCC3)N(c3ccc(-c4cccnc4)cc3)C2S)cc1C(F)(F)F. The van der Waals surface area contributed by atoms with Crippen LogP contribution >= 0.6 is 12.6 Å². The lowest BCUT2D eigenvalue weighted by Gasteiger charge is -2.44. The van der Waals surface area contributed by atoms with Gasteiger partial charge in [-0.25, -0.2) is 4.98 Å². The Balaban J connectivity index is 1.54. The van der Waals surface area contributed by atoms with Crippen molar-refractivity contribution in [3.05, 3.63) is 72.3 Å². The van der Waals surface area contributed by atoms with Crippen LogP contribution in [0.25, 0.3) is 11.1 Å². The second kappa shape index (κ2) is 8.02. The Hall–Kier alpha value is -3.58. The van der Waals surface area contributed by atoms with E-state index in [2.05, 4.69) is 22.6 Å². The van der Waals surface area contributed by atoms with E-state index in [0.29, 0.717) is 12.8 Å². The number of alkyl halides is 3. The fraction of sp³-hybridized carbons (Fsp3) is 0.250. The molecule has 1 aliphatic heterocycles. The molecule has 1 aromatic carbocycles. The summed E-state index contributed by atoms with van der Waals surface area (Å²) in [6.45, 7) is 0. The van der Waals surface area contributed by atoms with E-state index in [9.17, 15) is 18.0 Å². The molecule has 3 aromatic rings. The third-order valence-corrected chi connectivity index (χ3v) is 6.89. The quantitative estimate of drug-likeness (QED) is 0.532. The maximum atomic E-state index is 13.6. The predicted molar refractivity (Wildman–Crippen MR) is 123 cm³/mol. The van der Waals surface area contributed by atoms with Gasteiger partial charge in [0.25, 0.3) is 5.91 Å². The molecule has 0 N–H and O–H groups in total. The zero-order valence-corrected chi connectivity index (χ0v) is 18.6. The van der Waals surface area contributed by atoms with Crippen LogP contribution in [-0.2, 0) is 11.0 Å². The topological polar surface area (TPSA) is 73.1 Å². The maximum absolute atomic E-state index is 13.6. The van der Waals surface area contributed by atoms with Crippen molar-refractivity contribution < 1.29 is 18.0 Å². The first-order chi connectivity index (χ1) is 16.3. The number of benzene rings is 1. The van der Waals surface area contributed by atoms with Crippen LogP contribution in [0.4, 0.5) is 24.5 Å². The number of hydrogen-bond acceptors (Lipinski definition) is 6. The van der Waals surface area contributed by atoms with Crippen molar-refractivity contribution in [1.82, 2.24) is 9.97 Å². The van der Waals surface area contributed by atoms with Crippen LogP contribution in [-0.4, -0.2) is 26.9 Å². The van der Waals surface area contributed by atoms with Crippen LogP contribution in [0.2, 0.25) is 0 Å². The average molecular weight is 482 g/mol. The number of nitrogens with zero attached hydrogens (tertiary/aromatic N) is 5. The molecule has 2 aromatic heterocycles. The third-order valence-electron chi connectivity index (χ3n) is 6.42. The summed E-state index contributed by atoms with van der Waals surface area (Å²) in [7, 11) is 0. The van der Waals surface area contributed by atoms with Gasteiger partial charge in [0, 0.05) is 18.1 Å². The van der Waals surface area contributed by atoms with Crippen LogP contribution in [0, 0.1) is 11.3 Å². The Morgan fingerprint density at radius 3 is 2.38 bits per heavy atom. The van der Waals surface area contributed by atoms with Crippen molar-refractivity contribution in [3.8, 4) is 17.2 Å². The number of amides is 1. The lowest BCUT2D eigenvalue weighted by Crippen LogP contribution is -2.55. The zero-order valence-electron chi connectivity index (χ0n) is 17.7. The Bertz CT molecular complexity index is 1290. The number of carbonyl (C=O) groups is 1. The Morgan fingerprint density at radius 1 is 1.09 bits per heavy atom. The van der Waals surface area contributed by atoms with Gasteiger partial charge >= 0.3 is 6.18 Å². The van der Waals surface area contributed by atoms with Gasteiger partial charge in [-0.2, -0.15) is 18.4 Å². The smallest absolute Gasteiger partial charge is 0.328 e. The summed E-state index contributed by atoms with van der Waals surface area (Å²) in [5.41, 5.74) is -1.05. The molecule has 5 rings (SSSR count). The number of rotatable bonds is 3. The molecule has 172 valence electrons. The van der Waals surface area contributed by atoms with E-state index in [0.717, 1.165) is 35.5 Å². The Kier molecular flexibility index (Phi) is 5.24. The molecule has 0 radical (unpaired) electrons. The first-order valence-corrected chi connectivity index (χ1v) is 11.1.